The predicted octanol–water partition coefficient (Wildman–Crippen LogP) is 4.64. The molecule has 0 spiro atoms. The maximum absolute atomic E-state index is 5.99. The van der Waals surface area contributed by atoms with Crippen molar-refractivity contribution < 1.29 is 0 Å². The number of nitrogens with one attached hydrogen (secondary N) is 1. The predicted molar refractivity (Wildman–Crippen MR) is 83.7 cm³/mol. The minimum absolute atomic E-state index is 0.674. The fourth-order valence-corrected chi connectivity index (χ4v) is 2.25. The molecule has 0 radical (unpaired) electrons. The van der Waals surface area contributed by atoms with Crippen molar-refractivity contribution in [2.75, 3.05) is 5.32 Å². The molecule has 3 rings (SSSR count). The highest BCUT2D eigenvalue weighted by molar-refractivity contribution is 6.31. The molecule has 3 nitrogen and oxygen atoms in total. The van der Waals surface area contributed by atoms with Gasteiger partial charge < -0.3 is 5.32 Å². The Labute approximate surface area is 122 Å². The van der Waals surface area contributed by atoms with Crippen molar-refractivity contribution in [1.82, 2.24) is 9.97 Å². The van der Waals surface area contributed by atoms with E-state index in [-0.39, 0.29) is 0 Å². The summed E-state index contributed by atoms with van der Waals surface area (Å²) in [6.07, 6.45) is 1.54. The molecule has 0 aliphatic rings. The standard InChI is InChI=1S/C16H14ClN3/c1-10-3-5-13(7-11(10)2)20-16-14-6-4-12(17)8-15(14)18-9-19-16/h3-9H,1-2H3,(H,18,19,20). The van der Waals surface area contributed by atoms with Crippen molar-refractivity contribution in [3.63, 3.8) is 0 Å². The van der Waals surface area contributed by atoms with Gasteiger partial charge in [-0.3, -0.25) is 0 Å². The number of hydrogen-bond donors (Lipinski definition) is 1. The summed E-state index contributed by atoms with van der Waals surface area (Å²) in [6.45, 7) is 4.19. The van der Waals surface area contributed by atoms with Crippen LogP contribution in [0.25, 0.3) is 10.9 Å². The smallest absolute Gasteiger partial charge is 0.141 e. The molecule has 0 atom stereocenters. The molecule has 1 heterocycles. The third kappa shape index (κ3) is 2.45. The van der Waals surface area contributed by atoms with Crippen molar-refractivity contribution in [2.24, 2.45) is 0 Å². The second kappa shape index (κ2) is 5.10. The topological polar surface area (TPSA) is 37.8 Å². The van der Waals surface area contributed by atoms with Gasteiger partial charge in [-0.05, 0) is 55.3 Å². The highest BCUT2D eigenvalue weighted by Crippen LogP contribution is 2.25. The van der Waals surface area contributed by atoms with Gasteiger partial charge in [0.1, 0.15) is 12.1 Å². The van der Waals surface area contributed by atoms with Crippen molar-refractivity contribution in [2.45, 2.75) is 13.8 Å². The molecular formula is C16H14ClN3. The van der Waals surface area contributed by atoms with Crippen LogP contribution in [0.4, 0.5) is 11.5 Å². The molecule has 0 amide bonds. The molecule has 0 saturated carbocycles. The molecular weight excluding hydrogens is 270 g/mol. The molecule has 1 N–H and O–H groups in total. The van der Waals surface area contributed by atoms with Crippen LogP contribution in [0, 0.1) is 13.8 Å². The van der Waals surface area contributed by atoms with Crippen LogP contribution >= 0.6 is 11.6 Å². The average Bonchev–Trinajstić information content (AvgIpc) is 2.43. The van der Waals surface area contributed by atoms with Crippen LogP contribution in [0.1, 0.15) is 11.1 Å². The van der Waals surface area contributed by atoms with Gasteiger partial charge >= 0.3 is 0 Å². The molecule has 1 aromatic heterocycles. The summed E-state index contributed by atoms with van der Waals surface area (Å²) in [5.74, 6) is 0.787. The Morgan fingerprint density at radius 1 is 0.950 bits per heavy atom. The van der Waals surface area contributed by atoms with E-state index in [1.807, 2.05) is 24.3 Å². The summed E-state index contributed by atoms with van der Waals surface area (Å²) in [4.78, 5) is 8.56. The van der Waals surface area contributed by atoms with Gasteiger partial charge in [0.05, 0.1) is 5.52 Å². The van der Waals surface area contributed by atoms with E-state index in [0.29, 0.717) is 5.02 Å². The first-order valence-electron chi connectivity index (χ1n) is 6.38. The fraction of sp³-hybridized carbons (Fsp3) is 0.125. The number of anilines is 2. The Morgan fingerprint density at radius 2 is 1.80 bits per heavy atom. The van der Waals surface area contributed by atoms with Gasteiger partial charge in [0.2, 0.25) is 0 Å². The second-order valence-electron chi connectivity index (χ2n) is 4.81. The van der Waals surface area contributed by atoms with E-state index in [0.717, 1.165) is 22.4 Å². The van der Waals surface area contributed by atoms with Crippen LogP contribution in [0.2, 0.25) is 5.02 Å². The summed E-state index contributed by atoms with van der Waals surface area (Å²) in [7, 11) is 0. The minimum atomic E-state index is 0.674. The van der Waals surface area contributed by atoms with Crippen LogP contribution in [0.15, 0.2) is 42.7 Å². The summed E-state index contributed by atoms with van der Waals surface area (Å²) in [5, 5.41) is 4.97. The molecule has 0 unspecified atom stereocenters. The first-order chi connectivity index (χ1) is 9.63. The maximum atomic E-state index is 5.99. The average molecular weight is 284 g/mol. The third-order valence-electron chi connectivity index (χ3n) is 3.37. The molecule has 4 heteroatoms. The number of halogens is 1. The quantitative estimate of drug-likeness (QED) is 0.744. The van der Waals surface area contributed by atoms with Gasteiger partial charge in [-0.1, -0.05) is 17.7 Å². The number of rotatable bonds is 2. The molecule has 0 bridgehead atoms. The van der Waals surface area contributed by atoms with E-state index in [1.165, 1.54) is 11.1 Å². The summed E-state index contributed by atoms with van der Waals surface area (Å²) >= 11 is 5.99. The number of nitrogens with zero attached hydrogens (tertiary/aromatic N) is 2. The lowest BCUT2D eigenvalue weighted by atomic mass is 10.1. The van der Waals surface area contributed by atoms with Gasteiger partial charge in [0.25, 0.3) is 0 Å². The van der Waals surface area contributed by atoms with E-state index >= 15 is 0 Å². The van der Waals surface area contributed by atoms with Crippen LogP contribution in [0.5, 0.6) is 0 Å². The summed E-state index contributed by atoms with van der Waals surface area (Å²) < 4.78 is 0. The zero-order chi connectivity index (χ0) is 14.1. The molecule has 20 heavy (non-hydrogen) atoms. The Morgan fingerprint density at radius 3 is 2.60 bits per heavy atom. The first-order valence-corrected chi connectivity index (χ1v) is 6.76. The Kier molecular flexibility index (Phi) is 3.28. The Balaban J connectivity index is 2.04. The van der Waals surface area contributed by atoms with Gasteiger partial charge in [0.15, 0.2) is 0 Å². The lowest BCUT2D eigenvalue weighted by molar-refractivity contribution is 1.22. The molecule has 0 aliphatic heterocycles. The zero-order valence-corrected chi connectivity index (χ0v) is 12.1. The van der Waals surface area contributed by atoms with Gasteiger partial charge in [0, 0.05) is 16.1 Å². The summed E-state index contributed by atoms with van der Waals surface area (Å²) in [5.41, 5.74) is 4.37. The number of fused-ring (bicyclic) bond motifs is 1. The number of aryl methyl sites for hydroxylation is 2. The summed E-state index contributed by atoms with van der Waals surface area (Å²) in [6, 6.07) is 11.9. The Bertz CT molecular complexity index is 784. The van der Waals surface area contributed by atoms with Crippen LogP contribution < -0.4 is 5.32 Å². The second-order valence-corrected chi connectivity index (χ2v) is 5.24. The SMILES string of the molecule is Cc1ccc(Nc2ncnc3cc(Cl)ccc23)cc1C. The molecule has 100 valence electrons. The first kappa shape index (κ1) is 12.9. The van der Waals surface area contributed by atoms with Crippen LogP contribution in [-0.2, 0) is 0 Å². The monoisotopic (exact) mass is 283 g/mol. The van der Waals surface area contributed by atoms with E-state index < -0.39 is 0 Å². The normalized spacial score (nSPS) is 10.8. The maximum Gasteiger partial charge on any atom is 0.141 e. The lowest BCUT2D eigenvalue weighted by Crippen LogP contribution is -1.96. The number of hydrogen-bond acceptors (Lipinski definition) is 3. The molecule has 2 aromatic carbocycles. The highest BCUT2D eigenvalue weighted by atomic mass is 35.5. The van der Waals surface area contributed by atoms with Crippen LogP contribution in [-0.4, -0.2) is 9.97 Å². The minimum Gasteiger partial charge on any atom is -0.340 e. The van der Waals surface area contributed by atoms with E-state index in [9.17, 15) is 0 Å². The van der Waals surface area contributed by atoms with Gasteiger partial charge in [-0.2, -0.15) is 0 Å². The molecule has 0 aliphatic carbocycles. The molecule has 0 fully saturated rings. The van der Waals surface area contributed by atoms with Crippen molar-refractivity contribution in [3.05, 3.63) is 58.9 Å². The third-order valence-corrected chi connectivity index (χ3v) is 3.60. The molecule has 0 saturated heterocycles. The zero-order valence-electron chi connectivity index (χ0n) is 11.3. The Hall–Kier alpha value is -2.13. The van der Waals surface area contributed by atoms with Crippen molar-refractivity contribution in [3.8, 4) is 0 Å². The largest absolute Gasteiger partial charge is 0.340 e. The fourth-order valence-electron chi connectivity index (χ4n) is 2.09. The number of benzene rings is 2. The van der Waals surface area contributed by atoms with Gasteiger partial charge in [-0.15, -0.1) is 0 Å². The van der Waals surface area contributed by atoms with E-state index in [4.69, 9.17) is 11.6 Å². The van der Waals surface area contributed by atoms with Gasteiger partial charge in [-0.25, -0.2) is 9.97 Å². The van der Waals surface area contributed by atoms with Crippen molar-refractivity contribution in [1.29, 1.82) is 0 Å². The highest BCUT2D eigenvalue weighted by Gasteiger charge is 2.05. The molecule has 3 aromatic rings. The van der Waals surface area contributed by atoms with Crippen molar-refractivity contribution >= 4 is 34.0 Å². The van der Waals surface area contributed by atoms with E-state index in [1.54, 1.807) is 6.33 Å². The number of aromatic nitrogens is 2. The van der Waals surface area contributed by atoms with E-state index in [2.05, 4.69) is 41.3 Å². The lowest BCUT2D eigenvalue weighted by Gasteiger charge is -2.10. The van der Waals surface area contributed by atoms with Crippen LogP contribution in [0.3, 0.4) is 0 Å².